The second kappa shape index (κ2) is 6.76. The zero-order chi connectivity index (χ0) is 22.0. The van der Waals surface area contributed by atoms with Gasteiger partial charge in [-0.2, -0.15) is 10.2 Å². The summed E-state index contributed by atoms with van der Waals surface area (Å²) in [4.78, 5) is 17.9. The molecule has 1 spiro atoms. The molecule has 1 atom stereocenters. The Labute approximate surface area is 185 Å². The molecule has 158 valence electrons. The van der Waals surface area contributed by atoms with Crippen molar-refractivity contribution in [2.75, 3.05) is 0 Å². The van der Waals surface area contributed by atoms with Crippen LogP contribution in [-0.4, -0.2) is 31.1 Å². The van der Waals surface area contributed by atoms with Crippen molar-refractivity contribution >= 4 is 23.1 Å². The van der Waals surface area contributed by atoms with Gasteiger partial charge >= 0.3 is 0 Å². The molecule has 0 bridgehead atoms. The van der Waals surface area contributed by atoms with Crippen molar-refractivity contribution in [1.29, 1.82) is 5.26 Å². The van der Waals surface area contributed by atoms with Crippen LogP contribution in [-0.2, 0) is 0 Å². The first-order valence-electron chi connectivity index (χ1n) is 11.2. The minimum Gasteiger partial charge on any atom is -0.267 e. The maximum atomic E-state index is 13.5. The van der Waals surface area contributed by atoms with Crippen molar-refractivity contribution in [2.45, 2.75) is 57.2 Å². The van der Waals surface area contributed by atoms with Crippen LogP contribution in [0, 0.1) is 25.1 Å². The zero-order valence-corrected chi connectivity index (χ0v) is 18.2. The quantitative estimate of drug-likeness (QED) is 0.453. The lowest BCUT2D eigenvalue weighted by Gasteiger charge is -2.31. The molecule has 1 saturated carbocycles. The van der Waals surface area contributed by atoms with Gasteiger partial charge in [0.25, 0.3) is 12.3 Å². The number of aromatic nitrogens is 5. The number of imidazole rings is 1. The van der Waals surface area contributed by atoms with Gasteiger partial charge in [0.05, 0.1) is 35.2 Å². The molecule has 7 nitrogen and oxygen atoms in total. The Balaban J connectivity index is 1.40. The minimum absolute atomic E-state index is 0.0311. The summed E-state index contributed by atoms with van der Waals surface area (Å²) in [6.07, 6.45) is 8.48. The summed E-state index contributed by atoms with van der Waals surface area (Å²) in [5.74, 6) is 2.50. The molecule has 4 aromatic rings. The van der Waals surface area contributed by atoms with Crippen LogP contribution in [0.5, 0.6) is 0 Å². The fourth-order valence-corrected chi connectivity index (χ4v) is 5.56. The van der Waals surface area contributed by atoms with Gasteiger partial charge in [0.15, 0.2) is 5.65 Å². The first-order valence-corrected chi connectivity index (χ1v) is 11.2. The monoisotopic (exact) mass is 422 g/mol. The van der Waals surface area contributed by atoms with E-state index >= 15 is 0 Å². The zero-order valence-electron chi connectivity index (χ0n) is 18.2. The summed E-state index contributed by atoms with van der Waals surface area (Å²) in [7, 11) is 0. The Morgan fingerprint density at radius 3 is 2.88 bits per heavy atom. The van der Waals surface area contributed by atoms with E-state index in [0.717, 1.165) is 70.9 Å². The summed E-state index contributed by atoms with van der Waals surface area (Å²) in [5, 5.41) is 20.4. The van der Waals surface area contributed by atoms with Crippen LogP contribution < -0.4 is 5.56 Å². The predicted molar refractivity (Wildman–Crippen MR) is 124 cm³/mol. The highest BCUT2D eigenvalue weighted by atomic mass is 16.1. The van der Waals surface area contributed by atoms with E-state index in [4.69, 9.17) is 0 Å². The van der Waals surface area contributed by atoms with E-state index < -0.39 is 0 Å². The van der Waals surface area contributed by atoms with Gasteiger partial charge in [-0.05, 0) is 61.8 Å². The van der Waals surface area contributed by atoms with Gasteiger partial charge in [-0.3, -0.25) is 4.79 Å². The lowest BCUT2D eigenvalue weighted by atomic mass is 9.34. The molecule has 1 aromatic carbocycles. The topological polar surface area (TPSA) is 88.9 Å². The van der Waals surface area contributed by atoms with Crippen LogP contribution in [0.15, 0.2) is 41.5 Å². The molecule has 32 heavy (non-hydrogen) atoms. The molecule has 1 saturated heterocycles. The standard InChI is InChI=1S/C24H23BN6O/c1-15-9-17(20-3-4-21-28-16(2)13-30(21)29-20)10-18-12-27-31(23(32)22(15)18)19-5-8-25(14-26)24(11-19)6-7-24/h3-4,9-10,12-13,19H,5-8,11H2,1-2H3. The highest BCUT2D eigenvalue weighted by Gasteiger charge is 2.55. The van der Waals surface area contributed by atoms with Crippen LogP contribution in [0.25, 0.3) is 27.7 Å². The summed E-state index contributed by atoms with van der Waals surface area (Å²) < 4.78 is 3.47. The van der Waals surface area contributed by atoms with Crippen LogP contribution >= 0.6 is 0 Å². The van der Waals surface area contributed by atoms with Crippen molar-refractivity contribution in [3.8, 4) is 17.2 Å². The van der Waals surface area contributed by atoms with Gasteiger partial charge in [-0.25, -0.2) is 19.4 Å². The maximum Gasteiger partial charge on any atom is 0.275 e. The van der Waals surface area contributed by atoms with Gasteiger partial charge in [0.2, 0.25) is 0 Å². The molecule has 6 rings (SSSR count). The lowest BCUT2D eigenvalue weighted by Crippen LogP contribution is -2.35. The Hall–Kier alpha value is -3.47. The predicted octanol–water partition coefficient (Wildman–Crippen LogP) is 4.15. The third-order valence-electron chi connectivity index (χ3n) is 7.41. The highest BCUT2D eigenvalue weighted by molar-refractivity contribution is 6.71. The largest absolute Gasteiger partial charge is 0.275 e. The Bertz CT molecular complexity index is 1490. The van der Waals surface area contributed by atoms with Gasteiger partial charge in [0, 0.05) is 16.9 Å². The van der Waals surface area contributed by atoms with E-state index in [1.165, 1.54) is 0 Å². The van der Waals surface area contributed by atoms with Crippen molar-refractivity contribution in [3.05, 3.63) is 58.3 Å². The number of benzene rings is 1. The van der Waals surface area contributed by atoms with E-state index in [1.807, 2.05) is 50.5 Å². The Kier molecular flexibility index (Phi) is 4.07. The third kappa shape index (κ3) is 2.88. The van der Waals surface area contributed by atoms with Crippen molar-refractivity contribution in [1.82, 2.24) is 24.4 Å². The molecule has 0 N–H and O–H groups in total. The van der Waals surface area contributed by atoms with Gasteiger partial charge in [0.1, 0.15) is 0 Å². The number of nitriles is 1. The first kappa shape index (κ1) is 19.2. The number of aryl methyl sites for hydroxylation is 2. The maximum absolute atomic E-state index is 13.5. The molecule has 8 heteroatoms. The molecule has 1 aliphatic carbocycles. The van der Waals surface area contributed by atoms with Crippen LogP contribution in [0.2, 0.25) is 11.6 Å². The molecule has 0 radical (unpaired) electrons. The Morgan fingerprint density at radius 1 is 1.25 bits per heavy atom. The summed E-state index contributed by atoms with van der Waals surface area (Å²) in [6.45, 7) is 4.05. The average molecular weight is 422 g/mol. The van der Waals surface area contributed by atoms with Gasteiger partial charge in [-0.15, -0.1) is 0 Å². The molecular weight excluding hydrogens is 399 g/mol. The molecule has 1 aliphatic heterocycles. The fraction of sp³-hybridized carbons (Fsp3) is 0.375. The van der Waals surface area contributed by atoms with E-state index in [9.17, 15) is 10.1 Å². The summed E-state index contributed by atoms with van der Waals surface area (Å²) in [6, 6.07) is 8.01. The lowest BCUT2D eigenvalue weighted by molar-refractivity contribution is 0.366. The van der Waals surface area contributed by atoms with Crippen molar-refractivity contribution in [2.24, 2.45) is 0 Å². The summed E-state index contributed by atoms with van der Waals surface area (Å²) in [5.41, 5.74) is 4.41. The second-order valence-corrected chi connectivity index (χ2v) is 9.53. The van der Waals surface area contributed by atoms with Crippen LogP contribution in [0.1, 0.15) is 43.0 Å². The molecule has 1 unspecified atom stereocenters. The number of fused-ring (bicyclic) bond motifs is 2. The molecule has 0 amide bonds. The molecular formula is C24H23BN6O. The molecule has 2 fully saturated rings. The summed E-state index contributed by atoms with van der Waals surface area (Å²) >= 11 is 0. The number of rotatable bonds is 2. The minimum atomic E-state index is -0.0311. The van der Waals surface area contributed by atoms with E-state index in [1.54, 1.807) is 9.20 Å². The smallest absolute Gasteiger partial charge is 0.267 e. The van der Waals surface area contributed by atoms with Gasteiger partial charge < -0.3 is 0 Å². The highest BCUT2D eigenvalue weighted by Crippen LogP contribution is 2.64. The van der Waals surface area contributed by atoms with Crippen LogP contribution in [0.4, 0.5) is 0 Å². The number of nitrogens with zero attached hydrogens (tertiary/aromatic N) is 6. The average Bonchev–Trinajstić information content (AvgIpc) is 3.43. The van der Waals surface area contributed by atoms with E-state index in [2.05, 4.69) is 21.1 Å². The Morgan fingerprint density at radius 2 is 2.09 bits per heavy atom. The van der Waals surface area contributed by atoms with Crippen LogP contribution in [0.3, 0.4) is 0 Å². The van der Waals surface area contributed by atoms with Crippen molar-refractivity contribution in [3.63, 3.8) is 0 Å². The first-order chi connectivity index (χ1) is 15.5. The molecule has 4 heterocycles. The number of hydrogen-bond acceptors (Lipinski definition) is 5. The third-order valence-corrected chi connectivity index (χ3v) is 7.41. The van der Waals surface area contributed by atoms with Crippen molar-refractivity contribution < 1.29 is 0 Å². The second-order valence-electron chi connectivity index (χ2n) is 9.53. The molecule has 2 aliphatic rings. The molecule has 3 aromatic heterocycles. The van der Waals surface area contributed by atoms with E-state index in [0.29, 0.717) is 0 Å². The number of hydrogen-bond donors (Lipinski definition) is 0. The van der Waals surface area contributed by atoms with Gasteiger partial charge in [-0.1, -0.05) is 19.2 Å². The normalized spacial score (nSPS) is 19.5. The SMILES string of the molecule is Cc1cn2nc(-c3cc(C)c4c(=O)n(C5CCB(C#N)C6(CC6)C5)ncc4c3)ccc2n1. The fourth-order valence-electron chi connectivity index (χ4n) is 5.56. The van der Waals surface area contributed by atoms with E-state index in [-0.39, 0.29) is 23.6 Å².